The third-order valence-corrected chi connectivity index (χ3v) is 5.97. The van der Waals surface area contributed by atoms with Crippen molar-refractivity contribution in [1.82, 2.24) is 20.4 Å². The summed E-state index contributed by atoms with van der Waals surface area (Å²) in [5.74, 6) is 0.0837. The monoisotopic (exact) mass is 422 g/mol. The number of benzene rings is 1. The number of nitrogens with one attached hydrogen (secondary N) is 2. The zero-order valence-electron chi connectivity index (χ0n) is 17.4. The second kappa shape index (κ2) is 9.59. The molecule has 4 amide bonds. The van der Waals surface area contributed by atoms with Crippen LogP contribution in [-0.4, -0.2) is 60.9 Å². The fourth-order valence-electron chi connectivity index (χ4n) is 3.98. The maximum atomic E-state index is 13.0. The van der Waals surface area contributed by atoms with Crippen molar-refractivity contribution >= 4 is 30.3 Å². The predicted molar refractivity (Wildman–Crippen MR) is 114 cm³/mol. The fraction of sp³-hybridized carbons (Fsp3) is 0.571. The van der Waals surface area contributed by atoms with Crippen LogP contribution in [0.4, 0.5) is 4.79 Å². The van der Waals surface area contributed by atoms with Crippen molar-refractivity contribution in [2.75, 3.05) is 33.2 Å². The Hall–Kier alpha value is -2.12. The quantitative estimate of drug-likeness (QED) is 0.687. The third kappa shape index (κ3) is 4.90. The Morgan fingerprint density at radius 2 is 1.83 bits per heavy atom. The number of hydrogen-bond donors (Lipinski definition) is 2. The zero-order valence-corrected chi connectivity index (χ0v) is 18.2. The number of hydrogen-bond acceptors (Lipinski definition) is 4. The summed E-state index contributed by atoms with van der Waals surface area (Å²) in [5.41, 5.74) is 0.664. The molecule has 1 aromatic rings. The summed E-state index contributed by atoms with van der Waals surface area (Å²) in [5, 5.41) is 5.93. The van der Waals surface area contributed by atoms with Gasteiger partial charge >= 0.3 is 6.03 Å². The van der Waals surface area contributed by atoms with Gasteiger partial charge in [-0.3, -0.25) is 14.5 Å². The van der Waals surface area contributed by atoms with Crippen LogP contribution in [0.2, 0.25) is 0 Å². The summed E-state index contributed by atoms with van der Waals surface area (Å²) in [6.07, 6.45) is 3.05. The first-order valence-corrected chi connectivity index (χ1v) is 9.99. The fourth-order valence-corrected chi connectivity index (χ4v) is 3.98. The van der Waals surface area contributed by atoms with E-state index in [0.717, 1.165) is 41.8 Å². The topological polar surface area (TPSA) is 81.8 Å². The molecule has 2 heterocycles. The lowest BCUT2D eigenvalue weighted by Gasteiger charge is -2.32. The van der Waals surface area contributed by atoms with Crippen LogP contribution in [0, 0.1) is 12.8 Å². The van der Waals surface area contributed by atoms with Gasteiger partial charge in [-0.15, -0.1) is 12.4 Å². The molecule has 29 heavy (non-hydrogen) atoms. The zero-order chi connectivity index (χ0) is 20.3. The molecule has 7 nitrogen and oxygen atoms in total. The van der Waals surface area contributed by atoms with Gasteiger partial charge in [0.2, 0.25) is 5.91 Å². The van der Waals surface area contributed by atoms with Crippen LogP contribution in [0.15, 0.2) is 24.3 Å². The van der Waals surface area contributed by atoms with E-state index in [1.54, 1.807) is 11.8 Å². The van der Waals surface area contributed by atoms with Gasteiger partial charge in [-0.05, 0) is 58.2 Å². The highest BCUT2D eigenvalue weighted by Gasteiger charge is 2.49. The van der Waals surface area contributed by atoms with E-state index in [9.17, 15) is 14.4 Å². The van der Waals surface area contributed by atoms with Crippen LogP contribution in [0.1, 0.15) is 37.3 Å². The third-order valence-electron chi connectivity index (χ3n) is 5.97. The Balaban J connectivity index is 0.00000300. The number of aryl methyl sites for hydroxylation is 1. The minimum Gasteiger partial charge on any atom is -0.341 e. The number of nitrogens with zero attached hydrogens (tertiary/aromatic N) is 2. The number of carbonyl (C=O) groups is 3. The Morgan fingerprint density at radius 3 is 2.41 bits per heavy atom. The smallest absolute Gasteiger partial charge is 0.325 e. The van der Waals surface area contributed by atoms with Gasteiger partial charge in [0.25, 0.3) is 5.91 Å². The molecule has 1 unspecified atom stereocenters. The van der Waals surface area contributed by atoms with E-state index >= 15 is 0 Å². The Bertz CT molecular complexity index is 747. The summed E-state index contributed by atoms with van der Waals surface area (Å²) < 4.78 is 0. The molecule has 1 aromatic carbocycles. The average Bonchev–Trinajstić information content (AvgIpc) is 2.91. The normalized spacial score (nSPS) is 22.4. The van der Waals surface area contributed by atoms with Crippen molar-refractivity contribution in [2.45, 2.75) is 38.6 Å². The molecule has 2 N–H and O–H groups in total. The van der Waals surface area contributed by atoms with Gasteiger partial charge in [0.15, 0.2) is 0 Å². The Kier molecular flexibility index (Phi) is 7.66. The van der Waals surface area contributed by atoms with Gasteiger partial charge in [0.05, 0.1) is 0 Å². The van der Waals surface area contributed by atoms with Gasteiger partial charge in [0, 0.05) is 13.1 Å². The number of likely N-dealkylation sites (tertiary alicyclic amines) is 1. The van der Waals surface area contributed by atoms with Crippen molar-refractivity contribution in [2.24, 2.45) is 5.92 Å². The number of carbonyl (C=O) groups excluding carboxylic acids is 3. The average molecular weight is 423 g/mol. The minimum absolute atomic E-state index is 0. The van der Waals surface area contributed by atoms with E-state index < -0.39 is 11.6 Å². The molecule has 2 aliphatic rings. The number of halogens is 1. The van der Waals surface area contributed by atoms with Crippen molar-refractivity contribution in [3.8, 4) is 0 Å². The summed E-state index contributed by atoms with van der Waals surface area (Å²) >= 11 is 0. The number of amides is 4. The summed E-state index contributed by atoms with van der Waals surface area (Å²) in [7, 11) is 1.95. The molecule has 0 aliphatic carbocycles. The van der Waals surface area contributed by atoms with Crippen molar-refractivity contribution in [3.63, 3.8) is 0 Å². The number of urea groups is 1. The molecule has 1 atom stereocenters. The van der Waals surface area contributed by atoms with E-state index in [0.29, 0.717) is 19.0 Å². The molecule has 0 aromatic heterocycles. The van der Waals surface area contributed by atoms with Crippen LogP contribution in [-0.2, 0) is 15.1 Å². The lowest BCUT2D eigenvalue weighted by atomic mass is 9.91. The summed E-state index contributed by atoms with van der Waals surface area (Å²) in [6, 6.07) is 6.99. The maximum absolute atomic E-state index is 13.0. The number of rotatable bonds is 6. The summed E-state index contributed by atoms with van der Waals surface area (Å²) in [4.78, 5) is 40.9. The number of imide groups is 1. The lowest BCUT2D eigenvalue weighted by Crippen LogP contribution is -2.46. The van der Waals surface area contributed by atoms with Crippen LogP contribution in [0.5, 0.6) is 0 Å². The molecule has 8 heteroatoms. The van der Waals surface area contributed by atoms with Gasteiger partial charge in [-0.1, -0.05) is 29.8 Å². The molecule has 2 aliphatic heterocycles. The van der Waals surface area contributed by atoms with E-state index in [-0.39, 0.29) is 30.8 Å². The van der Waals surface area contributed by atoms with Crippen LogP contribution in [0.3, 0.4) is 0 Å². The molecule has 0 radical (unpaired) electrons. The van der Waals surface area contributed by atoms with Crippen LogP contribution < -0.4 is 10.6 Å². The summed E-state index contributed by atoms with van der Waals surface area (Å²) in [6.45, 7) is 5.81. The van der Waals surface area contributed by atoms with E-state index in [2.05, 4.69) is 10.6 Å². The highest BCUT2D eigenvalue weighted by molar-refractivity contribution is 6.09. The van der Waals surface area contributed by atoms with Gasteiger partial charge in [-0.25, -0.2) is 4.79 Å². The van der Waals surface area contributed by atoms with Crippen molar-refractivity contribution in [1.29, 1.82) is 0 Å². The van der Waals surface area contributed by atoms with Gasteiger partial charge in [0.1, 0.15) is 12.1 Å². The minimum atomic E-state index is -1.13. The van der Waals surface area contributed by atoms with Gasteiger partial charge in [-0.2, -0.15) is 0 Å². The van der Waals surface area contributed by atoms with E-state index in [1.807, 2.05) is 38.2 Å². The second-order valence-electron chi connectivity index (χ2n) is 8.03. The van der Waals surface area contributed by atoms with Crippen LogP contribution in [0.25, 0.3) is 0 Å². The number of piperidine rings is 1. The lowest BCUT2D eigenvalue weighted by molar-refractivity contribution is -0.139. The Morgan fingerprint density at radius 1 is 1.21 bits per heavy atom. The molecule has 2 saturated heterocycles. The molecule has 2 fully saturated rings. The first-order valence-electron chi connectivity index (χ1n) is 9.99. The molecule has 0 bridgehead atoms. The Labute approximate surface area is 178 Å². The SMILES string of the molecule is CNCCC1CCN(C(=O)CN2C(=O)NC(C)(c3ccc(C)cc3)C2=O)CC1.Cl. The highest BCUT2D eigenvalue weighted by atomic mass is 35.5. The van der Waals surface area contributed by atoms with Crippen molar-refractivity contribution in [3.05, 3.63) is 35.4 Å². The van der Waals surface area contributed by atoms with E-state index in [4.69, 9.17) is 0 Å². The standard InChI is InChI=1S/C21H30N4O3.ClH/c1-15-4-6-17(7-5-15)21(2)19(27)25(20(28)23-21)14-18(26)24-12-9-16(10-13-24)8-11-22-3;/h4-7,16,22H,8-14H2,1-3H3,(H,23,28);1H. The first-order chi connectivity index (χ1) is 13.3. The maximum Gasteiger partial charge on any atom is 0.325 e. The molecular formula is C21H31ClN4O3. The molecular weight excluding hydrogens is 392 g/mol. The molecule has 0 spiro atoms. The predicted octanol–water partition coefficient (Wildman–Crippen LogP) is 2.03. The molecule has 0 saturated carbocycles. The highest BCUT2D eigenvalue weighted by Crippen LogP contribution is 2.29. The van der Waals surface area contributed by atoms with E-state index in [1.165, 1.54) is 0 Å². The molecule has 3 rings (SSSR count). The van der Waals surface area contributed by atoms with Gasteiger partial charge < -0.3 is 15.5 Å². The second-order valence-corrected chi connectivity index (χ2v) is 8.03. The van der Waals surface area contributed by atoms with Crippen molar-refractivity contribution < 1.29 is 14.4 Å². The van der Waals surface area contributed by atoms with Crippen LogP contribution >= 0.6 is 12.4 Å². The first kappa shape index (κ1) is 23.2. The largest absolute Gasteiger partial charge is 0.341 e. The molecule has 160 valence electrons.